The molecule has 37 heavy (non-hydrogen) atoms. The molecule has 2 atom stereocenters. The number of imidazole rings is 1. The van der Waals surface area contributed by atoms with E-state index >= 15 is 0 Å². The normalized spacial score (nSPS) is 19.2. The number of carbonyl (C=O) groups is 2. The Hall–Kier alpha value is -3.26. The second-order valence-electron chi connectivity index (χ2n) is 8.45. The van der Waals surface area contributed by atoms with Crippen molar-refractivity contribution in [2.24, 2.45) is 0 Å². The quantitative estimate of drug-likeness (QED) is 0.325. The van der Waals surface area contributed by atoms with Gasteiger partial charge in [-0.05, 0) is 38.3 Å². The van der Waals surface area contributed by atoms with E-state index in [1.54, 1.807) is 17.0 Å². The summed E-state index contributed by atoms with van der Waals surface area (Å²) >= 11 is 6.18. The molecule has 0 spiro atoms. The molecule has 0 fully saturated rings. The molecule has 1 aromatic carbocycles. The molecular formula is C22H24ClF3N4O6S. The van der Waals surface area contributed by atoms with Gasteiger partial charge in [0.2, 0.25) is 0 Å². The van der Waals surface area contributed by atoms with E-state index in [1.807, 2.05) is 6.92 Å². The van der Waals surface area contributed by atoms with Gasteiger partial charge in [-0.2, -0.15) is 13.2 Å². The lowest BCUT2D eigenvalue weighted by atomic mass is 10.1. The molecular weight excluding hydrogens is 541 g/mol. The summed E-state index contributed by atoms with van der Waals surface area (Å²) in [5.74, 6) is -2.47. The predicted molar refractivity (Wildman–Crippen MR) is 127 cm³/mol. The van der Waals surface area contributed by atoms with Gasteiger partial charge < -0.3 is 25.4 Å². The third-order valence-corrected chi connectivity index (χ3v) is 8.64. The Labute approximate surface area is 215 Å². The first-order chi connectivity index (χ1) is 17.2. The average molecular weight is 565 g/mol. The van der Waals surface area contributed by atoms with Crippen molar-refractivity contribution >= 4 is 39.1 Å². The molecule has 2 aliphatic rings. The maximum Gasteiger partial charge on any atom is 0.490 e. The number of urea groups is 1. The van der Waals surface area contributed by atoms with Gasteiger partial charge in [-0.1, -0.05) is 23.3 Å². The second kappa shape index (κ2) is 11.0. The monoisotopic (exact) mass is 564 g/mol. The Morgan fingerprint density at radius 2 is 1.92 bits per heavy atom. The van der Waals surface area contributed by atoms with Crippen molar-refractivity contribution in [1.82, 2.24) is 14.9 Å². The summed E-state index contributed by atoms with van der Waals surface area (Å²) in [5.41, 5.74) is 1.07. The zero-order chi connectivity index (χ0) is 27.5. The van der Waals surface area contributed by atoms with Crippen molar-refractivity contribution < 1.29 is 41.4 Å². The Kier molecular flexibility index (Phi) is 8.42. The summed E-state index contributed by atoms with van der Waals surface area (Å²) in [5, 5.41) is 22.4. The smallest absolute Gasteiger partial charge is 0.490 e. The van der Waals surface area contributed by atoms with Gasteiger partial charge in [0, 0.05) is 25.4 Å². The average Bonchev–Trinajstić information content (AvgIpc) is 3.43. The van der Waals surface area contributed by atoms with E-state index in [1.165, 1.54) is 12.1 Å². The van der Waals surface area contributed by atoms with Gasteiger partial charge >= 0.3 is 18.2 Å². The number of phenols is 1. The molecule has 10 nitrogen and oxygen atoms in total. The number of hydrogen-bond donors (Lipinski definition) is 4. The number of aliphatic carboxylic acids is 1. The van der Waals surface area contributed by atoms with E-state index in [4.69, 9.17) is 21.5 Å². The summed E-state index contributed by atoms with van der Waals surface area (Å²) in [6.07, 6.45) is 2.95. The number of carboxylic acid groups (broad SMARTS) is 1. The van der Waals surface area contributed by atoms with Crippen LogP contribution in [-0.2, 0) is 27.6 Å². The number of aromatic nitrogens is 2. The molecule has 0 radical (unpaired) electrons. The number of sulfone groups is 1. The fourth-order valence-corrected chi connectivity index (χ4v) is 6.34. The number of alkyl halides is 3. The highest BCUT2D eigenvalue weighted by Crippen LogP contribution is 2.40. The number of aromatic hydroxyl groups is 1. The van der Waals surface area contributed by atoms with Crippen molar-refractivity contribution in [1.29, 1.82) is 0 Å². The van der Waals surface area contributed by atoms with E-state index in [0.717, 1.165) is 24.2 Å². The highest BCUT2D eigenvalue weighted by Gasteiger charge is 2.38. The van der Waals surface area contributed by atoms with Crippen LogP contribution >= 0.6 is 11.6 Å². The minimum absolute atomic E-state index is 0.00534. The Bertz CT molecular complexity index is 1330. The van der Waals surface area contributed by atoms with Crippen molar-refractivity contribution in [2.45, 2.75) is 61.5 Å². The standard InChI is InChI=1S/C20H23ClN4O4S.C2HF3O2/c1-12-3-2-4-15(12)23-20(27)24-16-7-6-14(21)19(18(16)26)30(28,29)13-5-8-17-22-9-10-25(17)11-13;3-2(4,5)1(6)7/h3,6-7,9-10,13,15,26H,2,4-5,8,11H2,1H3,(H2,23,24,27);(H,6,7). The minimum atomic E-state index is -5.08. The zero-order valence-electron chi connectivity index (χ0n) is 19.4. The van der Waals surface area contributed by atoms with Crippen LogP contribution in [0.2, 0.25) is 5.02 Å². The van der Waals surface area contributed by atoms with Gasteiger partial charge in [0.1, 0.15) is 10.7 Å². The number of phenolic OH excluding ortho intramolecular Hbond substituents is 1. The molecule has 15 heteroatoms. The van der Waals surface area contributed by atoms with Crippen LogP contribution in [0.1, 0.15) is 32.0 Å². The predicted octanol–water partition coefficient (Wildman–Crippen LogP) is 3.89. The van der Waals surface area contributed by atoms with Gasteiger partial charge in [-0.15, -0.1) is 0 Å². The number of anilines is 1. The molecule has 202 valence electrons. The highest BCUT2D eigenvalue weighted by atomic mass is 35.5. The number of aryl methyl sites for hydroxylation is 1. The number of benzene rings is 1. The van der Waals surface area contributed by atoms with Crippen LogP contribution < -0.4 is 10.6 Å². The Morgan fingerprint density at radius 3 is 2.51 bits per heavy atom. The number of rotatable bonds is 4. The molecule has 2 heterocycles. The lowest BCUT2D eigenvalue weighted by Crippen LogP contribution is -2.37. The third-order valence-electron chi connectivity index (χ3n) is 5.97. The van der Waals surface area contributed by atoms with E-state index in [-0.39, 0.29) is 28.2 Å². The molecule has 2 aromatic rings. The Balaban J connectivity index is 0.000000479. The molecule has 1 aliphatic carbocycles. The molecule has 2 amide bonds. The largest absolute Gasteiger partial charge is 0.504 e. The van der Waals surface area contributed by atoms with Crippen LogP contribution in [0.25, 0.3) is 0 Å². The number of amides is 2. The van der Waals surface area contributed by atoms with Crippen molar-refractivity contribution in [3.05, 3.63) is 47.0 Å². The van der Waals surface area contributed by atoms with Crippen LogP contribution in [0.5, 0.6) is 5.75 Å². The maximum absolute atomic E-state index is 13.3. The van der Waals surface area contributed by atoms with Gasteiger partial charge in [0.15, 0.2) is 15.6 Å². The zero-order valence-corrected chi connectivity index (χ0v) is 21.0. The molecule has 0 saturated heterocycles. The van der Waals surface area contributed by atoms with Crippen LogP contribution in [0.4, 0.5) is 23.7 Å². The van der Waals surface area contributed by atoms with Crippen LogP contribution in [0, 0.1) is 0 Å². The number of allylic oxidation sites excluding steroid dienone is 1. The van der Waals surface area contributed by atoms with E-state index in [9.17, 15) is 31.5 Å². The lowest BCUT2D eigenvalue weighted by Gasteiger charge is -2.25. The first-order valence-corrected chi connectivity index (χ1v) is 12.9. The molecule has 4 N–H and O–H groups in total. The summed E-state index contributed by atoms with van der Waals surface area (Å²) in [4.78, 5) is 25.1. The maximum atomic E-state index is 13.3. The van der Waals surface area contributed by atoms with Crippen molar-refractivity contribution in [2.75, 3.05) is 5.32 Å². The van der Waals surface area contributed by atoms with Crippen molar-refractivity contribution in [3.8, 4) is 5.75 Å². The van der Waals surface area contributed by atoms with E-state index in [2.05, 4.69) is 21.7 Å². The topological polar surface area (TPSA) is 151 Å². The molecule has 1 aromatic heterocycles. The molecule has 0 saturated carbocycles. The lowest BCUT2D eigenvalue weighted by molar-refractivity contribution is -0.192. The second-order valence-corrected chi connectivity index (χ2v) is 11.0. The van der Waals surface area contributed by atoms with Crippen LogP contribution in [0.3, 0.4) is 0 Å². The van der Waals surface area contributed by atoms with Gasteiger partial charge in [-0.3, -0.25) is 0 Å². The number of fused-ring (bicyclic) bond motifs is 1. The number of hydrogen-bond acceptors (Lipinski definition) is 6. The molecule has 4 rings (SSSR count). The highest BCUT2D eigenvalue weighted by molar-refractivity contribution is 7.92. The third kappa shape index (κ3) is 6.55. The van der Waals surface area contributed by atoms with E-state index in [0.29, 0.717) is 12.8 Å². The number of halogens is 4. The number of carboxylic acids is 1. The molecule has 1 aliphatic heterocycles. The van der Waals surface area contributed by atoms with Crippen LogP contribution in [-0.4, -0.2) is 57.7 Å². The van der Waals surface area contributed by atoms with Gasteiger partial charge in [0.05, 0.1) is 22.0 Å². The molecule has 0 bridgehead atoms. The van der Waals surface area contributed by atoms with Crippen LogP contribution in [0.15, 0.2) is 41.1 Å². The minimum Gasteiger partial charge on any atom is -0.504 e. The fourth-order valence-electron chi connectivity index (χ4n) is 4.02. The first kappa shape index (κ1) is 28.3. The van der Waals surface area contributed by atoms with E-state index < -0.39 is 39.0 Å². The number of nitrogens with one attached hydrogen (secondary N) is 2. The van der Waals surface area contributed by atoms with Gasteiger partial charge in [-0.25, -0.2) is 23.0 Å². The van der Waals surface area contributed by atoms with Crippen molar-refractivity contribution in [3.63, 3.8) is 0 Å². The summed E-state index contributed by atoms with van der Waals surface area (Å²) < 4.78 is 60.1. The summed E-state index contributed by atoms with van der Waals surface area (Å²) in [6.45, 7) is 2.18. The summed E-state index contributed by atoms with van der Waals surface area (Å²) in [7, 11) is -3.94. The first-order valence-electron chi connectivity index (χ1n) is 11.0. The number of carbonyl (C=O) groups excluding carboxylic acids is 1. The molecule has 2 unspecified atom stereocenters. The SMILES string of the molecule is CC1=CCCC1NC(=O)Nc1ccc(Cl)c(S(=O)(=O)C2CCc3nccn3C2)c1O.O=C(O)C(F)(F)F. The van der Waals surface area contributed by atoms with Gasteiger partial charge in [0.25, 0.3) is 0 Å². The Morgan fingerprint density at radius 1 is 1.24 bits per heavy atom. The number of nitrogens with zero attached hydrogens (tertiary/aromatic N) is 2. The summed E-state index contributed by atoms with van der Waals surface area (Å²) in [6, 6.07) is 2.17. The fraction of sp³-hybridized carbons (Fsp3) is 0.409.